The minimum atomic E-state index is -0.318. The van der Waals surface area contributed by atoms with Crippen LogP contribution in [0, 0.1) is 20.8 Å². The summed E-state index contributed by atoms with van der Waals surface area (Å²) >= 11 is 1.22. The van der Waals surface area contributed by atoms with Crippen molar-refractivity contribution in [2.45, 2.75) is 25.9 Å². The molecule has 2 amide bonds. The maximum absolute atomic E-state index is 13.1. The third-order valence-corrected chi connectivity index (χ3v) is 7.35. The molecular weight excluding hydrogens is 534 g/mol. The van der Waals surface area contributed by atoms with Crippen LogP contribution in [-0.4, -0.2) is 37.4 Å². The first-order chi connectivity index (χ1) is 19.8. The lowest BCUT2D eigenvalue weighted by atomic mass is 10.1. The van der Waals surface area contributed by atoms with Gasteiger partial charge in [0.1, 0.15) is 5.75 Å². The Hall–Kier alpha value is -4.89. The summed E-state index contributed by atoms with van der Waals surface area (Å²) in [4.78, 5) is 26.1. The van der Waals surface area contributed by atoms with Gasteiger partial charge in [-0.25, -0.2) is 0 Å². The molecule has 3 N–H and O–H groups in total. The van der Waals surface area contributed by atoms with Crippen molar-refractivity contribution < 1.29 is 14.7 Å². The average molecular weight is 564 g/mol. The SMILES string of the molecule is Cc1cccc(NC(=O)c2ccccc2NC(=O)CSc2nnc(-c3ccccc3O)n2-c2ccc(C)cc2C)c1. The molecule has 4 aromatic carbocycles. The lowest BCUT2D eigenvalue weighted by Crippen LogP contribution is -2.19. The number of nitrogens with zero attached hydrogens (tertiary/aromatic N) is 3. The maximum Gasteiger partial charge on any atom is 0.257 e. The van der Waals surface area contributed by atoms with Gasteiger partial charge < -0.3 is 15.7 Å². The van der Waals surface area contributed by atoms with Gasteiger partial charge in [0.15, 0.2) is 11.0 Å². The third kappa shape index (κ3) is 6.31. The monoisotopic (exact) mass is 563 g/mol. The molecule has 8 nitrogen and oxygen atoms in total. The maximum atomic E-state index is 13.1. The van der Waals surface area contributed by atoms with Gasteiger partial charge in [-0.2, -0.15) is 0 Å². The van der Waals surface area contributed by atoms with E-state index in [1.807, 2.05) is 67.8 Å². The molecule has 1 aromatic heterocycles. The molecule has 0 saturated carbocycles. The number of amides is 2. The van der Waals surface area contributed by atoms with E-state index >= 15 is 0 Å². The van der Waals surface area contributed by atoms with E-state index < -0.39 is 0 Å². The number of hydrogen-bond donors (Lipinski definition) is 3. The zero-order chi connectivity index (χ0) is 28.9. The van der Waals surface area contributed by atoms with Gasteiger partial charge in [0.2, 0.25) is 5.91 Å². The normalized spacial score (nSPS) is 10.8. The van der Waals surface area contributed by atoms with Crippen LogP contribution >= 0.6 is 11.8 Å². The minimum absolute atomic E-state index is 0.0254. The van der Waals surface area contributed by atoms with E-state index in [0.717, 1.165) is 22.4 Å². The number of aromatic nitrogens is 3. The summed E-state index contributed by atoms with van der Waals surface area (Å²) in [6, 6.07) is 27.4. The van der Waals surface area contributed by atoms with E-state index in [2.05, 4.69) is 26.9 Å². The molecular formula is C32H29N5O3S. The number of nitrogens with one attached hydrogen (secondary N) is 2. The Bertz CT molecular complexity index is 1750. The fourth-order valence-corrected chi connectivity index (χ4v) is 5.25. The van der Waals surface area contributed by atoms with Gasteiger partial charge in [0, 0.05) is 5.69 Å². The molecule has 1 heterocycles. The number of carbonyl (C=O) groups excluding carboxylic acids is 2. The number of phenolic OH excluding ortho intramolecular Hbond substituents is 1. The van der Waals surface area contributed by atoms with Crippen LogP contribution in [0.25, 0.3) is 17.1 Å². The van der Waals surface area contributed by atoms with E-state index in [4.69, 9.17) is 0 Å². The zero-order valence-electron chi connectivity index (χ0n) is 22.9. The van der Waals surface area contributed by atoms with Gasteiger partial charge in [-0.1, -0.05) is 65.9 Å². The van der Waals surface area contributed by atoms with Gasteiger partial charge in [0.25, 0.3) is 5.91 Å². The lowest BCUT2D eigenvalue weighted by Gasteiger charge is -2.14. The molecule has 0 aliphatic heterocycles. The predicted octanol–water partition coefficient (Wildman–Crippen LogP) is 6.55. The standard InChI is InChI=1S/C32H29N5O3S/c1-20-9-8-10-23(18-20)33-31(40)24-11-4-6-13-26(24)34-29(39)19-41-32-36-35-30(25-12-5-7-14-28(25)38)37(32)27-16-15-21(2)17-22(27)3/h4-18,38H,19H2,1-3H3,(H,33,40)(H,34,39). The molecule has 206 valence electrons. The van der Waals surface area contributed by atoms with E-state index in [1.165, 1.54) is 11.8 Å². The topological polar surface area (TPSA) is 109 Å². The Balaban J connectivity index is 1.37. The molecule has 9 heteroatoms. The number of aryl methyl sites for hydroxylation is 3. The van der Waals surface area contributed by atoms with E-state index in [0.29, 0.717) is 33.5 Å². The highest BCUT2D eigenvalue weighted by Gasteiger charge is 2.21. The minimum Gasteiger partial charge on any atom is -0.507 e. The zero-order valence-corrected chi connectivity index (χ0v) is 23.7. The van der Waals surface area contributed by atoms with Crippen LogP contribution < -0.4 is 10.6 Å². The number of rotatable bonds is 8. The molecule has 0 saturated heterocycles. The van der Waals surface area contributed by atoms with Crippen molar-refractivity contribution in [2.24, 2.45) is 0 Å². The summed E-state index contributed by atoms with van der Waals surface area (Å²) in [7, 11) is 0. The molecule has 0 spiro atoms. The quantitative estimate of drug-likeness (QED) is 0.185. The molecule has 0 radical (unpaired) electrons. The molecule has 0 aliphatic rings. The third-order valence-electron chi connectivity index (χ3n) is 6.43. The Kier molecular flexibility index (Phi) is 8.16. The molecule has 0 atom stereocenters. The second-order valence-corrected chi connectivity index (χ2v) is 10.6. The summed E-state index contributed by atoms with van der Waals surface area (Å²) in [6.45, 7) is 5.97. The average Bonchev–Trinajstić information content (AvgIpc) is 3.36. The first-order valence-corrected chi connectivity index (χ1v) is 14.0. The van der Waals surface area contributed by atoms with Crippen molar-refractivity contribution in [2.75, 3.05) is 16.4 Å². The van der Waals surface area contributed by atoms with Gasteiger partial charge in [0.05, 0.1) is 28.3 Å². The van der Waals surface area contributed by atoms with Gasteiger partial charge in [-0.3, -0.25) is 14.2 Å². The summed E-state index contributed by atoms with van der Waals surface area (Å²) in [5.74, 6) is -0.0412. The molecule has 5 aromatic rings. The lowest BCUT2D eigenvalue weighted by molar-refractivity contribution is -0.113. The van der Waals surface area contributed by atoms with Crippen molar-refractivity contribution in [1.29, 1.82) is 0 Å². The van der Waals surface area contributed by atoms with Crippen LogP contribution in [0.2, 0.25) is 0 Å². The summed E-state index contributed by atoms with van der Waals surface area (Å²) < 4.78 is 1.85. The highest BCUT2D eigenvalue weighted by molar-refractivity contribution is 7.99. The summed E-state index contributed by atoms with van der Waals surface area (Å²) in [5.41, 5.74) is 5.97. The fraction of sp³-hybridized carbons (Fsp3) is 0.125. The number of aromatic hydroxyl groups is 1. The largest absolute Gasteiger partial charge is 0.507 e. The Labute approximate surface area is 242 Å². The molecule has 5 rings (SSSR count). The van der Waals surface area contributed by atoms with E-state index in [1.54, 1.807) is 42.5 Å². The van der Waals surface area contributed by atoms with Crippen LogP contribution in [0.4, 0.5) is 11.4 Å². The van der Waals surface area contributed by atoms with Crippen molar-refractivity contribution >= 4 is 35.0 Å². The Morgan fingerprint density at radius 1 is 0.829 bits per heavy atom. The van der Waals surface area contributed by atoms with Crippen LogP contribution in [0.15, 0.2) is 96.2 Å². The smallest absolute Gasteiger partial charge is 0.257 e. The molecule has 0 bridgehead atoms. The second-order valence-electron chi connectivity index (χ2n) is 9.65. The first-order valence-electron chi connectivity index (χ1n) is 13.0. The molecule has 0 unspecified atom stereocenters. The van der Waals surface area contributed by atoms with Crippen LogP contribution in [0.5, 0.6) is 5.75 Å². The number of benzene rings is 4. The number of anilines is 2. The summed E-state index contributed by atoms with van der Waals surface area (Å²) in [6.07, 6.45) is 0. The number of phenols is 1. The van der Waals surface area contributed by atoms with E-state index in [9.17, 15) is 14.7 Å². The Morgan fingerprint density at radius 2 is 1.59 bits per heavy atom. The highest BCUT2D eigenvalue weighted by atomic mass is 32.2. The molecule has 0 aliphatic carbocycles. The van der Waals surface area contributed by atoms with Gasteiger partial charge >= 0.3 is 0 Å². The molecule has 0 fully saturated rings. The first kappa shape index (κ1) is 27.7. The van der Waals surface area contributed by atoms with Crippen molar-refractivity contribution in [3.8, 4) is 22.8 Å². The van der Waals surface area contributed by atoms with Gasteiger partial charge in [-0.15, -0.1) is 10.2 Å². The number of thioether (sulfide) groups is 1. The van der Waals surface area contributed by atoms with Crippen LogP contribution in [-0.2, 0) is 4.79 Å². The summed E-state index contributed by atoms with van der Waals surface area (Å²) in [5, 5.41) is 25.5. The predicted molar refractivity (Wildman–Crippen MR) is 163 cm³/mol. The van der Waals surface area contributed by atoms with Crippen LogP contribution in [0.3, 0.4) is 0 Å². The van der Waals surface area contributed by atoms with E-state index in [-0.39, 0.29) is 23.3 Å². The second kappa shape index (κ2) is 12.1. The van der Waals surface area contributed by atoms with Gasteiger partial charge in [-0.05, 0) is 74.4 Å². The highest BCUT2D eigenvalue weighted by Crippen LogP contribution is 2.34. The number of carbonyl (C=O) groups is 2. The fourth-order valence-electron chi connectivity index (χ4n) is 4.50. The number of para-hydroxylation sites is 2. The molecule has 41 heavy (non-hydrogen) atoms. The van der Waals surface area contributed by atoms with Crippen LogP contribution in [0.1, 0.15) is 27.0 Å². The van der Waals surface area contributed by atoms with Crippen molar-refractivity contribution in [3.63, 3.8) is 0 Å². The van der Waals surface area contributed by atoms with Crippen molar-refractivity contribution in [3.05, 3.63) is 113 Å². The van der Waals surface area contributed by atoms with Crippen molar-refractivity contribution in [1.82, 2.24) is 14.8 Å². The Morgan fingerprint density at radius 3 is 2.37 bits per heavy atom. The number of hydrogen-bond acceptors (Lipinski definition) is 6.